The van der Waals surface area contributed by atoms with Crippen LogP contribution in [0, 0.1) is 0 Å². The van der Waals surface area contributed by atoms with Crippen molar-refractivity contribution in [1.82, 2.24) is 14.7 Å². The highest BCUT2D eigenvalue weighted by atomic mass is 16.5. The van der Waals surface area contributed by atoms with E-state index in [4.69, 9.17) is 9.47 Å². The summed E-state index contributed by atoms with van der Waals surface area (Å²) >= 11 is 0. The van der Waals surface area contributed by atoms with Crippen molar-refractivity contribution in [2.24, 2.45) is 7.05 Å². The molecule has 5 rings (SSSR count). The summed E-state index contributed by atoms with van der Waals surface area (Å²) < 4.78 is 13.4. The quantitative estimate of drug-likeness (QED) is 0.628. The van der Waals surface area contributed by atoms with E-state index in [0.717, 1.165) is 41.7 Å². The molecular weight excluding hydrogens is 378 g/mol. The maximum Gasteiger partial charge on any atom is 0.258 e. The Labute approximate surface area is 176 Å². The van der Waals surface area contributed by atoms with Crippen LogP contribution in [0.15, 0.2) is 54.9 Å². The molecule has 1 aromatic heterocycles. The smallest absolute Gasteiger partial charge is 0.258 e. The molecule has 30 heavy (non-hydrogen) atoms. The van der Waals surface area contributed by atoms with Crippen LogP contribution in [0.2, 0.25) is 0 Å². The first kappa shape index (κ1) is 18.9. The number of amides is 1. The average molecular weight is 403 g/mol. The number of hydrogen-bond donors (Lipinski definition) is 0. The highest BCUT2D eigenvalue weighted by molar-refractivity contribution is 6.01. The van der Waals surface area contributed by atoms with Crippen molar-refractivity contribution >= 4 is 5.91 Å². The van der Waals surface area contributed by atoms with Crippen LogP contribution in [0.1, 0.15) is 34.3 Å². The van der Waals surface area contributed by atoms with Gasteiger partial charge in [0.05, 0.1) is 17.9 Å². The van der Waals surface area contributed by atoms with Gasteiger partial charge in [-0.1, -0.05) is 36.4 Å². The van der Waals surface area contributed by atoms with E-state index < -0.39 is 0 Å². The van der Waals surface area contributed by atoms with Crippen LogP contribution < -0.4 is 4.74 Å². The Hall–Kier alpha value is -3.12. The number of aryl methyl sites for hydroxylation is 1. The van der Waals surface area contributed by atoms with Crippen LogP contribution >= 0.6 is 0 Å². The van der Waals surface area contributed by atoms with Crippen LogP contribution in [0.3, 0.4) is 0 Å². The molecule has 2 aliphatic rings. The Morgan fingerprint density at radius 1 is 1.17 bits per heavy atom. The summed E-state index contributed by atoms with van der Waals surface area (Å²) in [5.74, 6) is 0.701. The topological polar surface area (TPSA) is 56.6 Å². The lowest BCUT2D eigenvalue weighted by atomic mass is 10.1. The molecule has 1 saturated heterocycles. The van der Waals surface area contributed by atoms with Crippen molar-refractivity contribution in [2.45, 2.75) is 32.0 Å². The van der Waals surface area contributed by atoms with Gasteiger partial charge in [-0.05, 0) is 35.6 Å². The molecule has 3 heterocycles. The van der Waals surface area contributed by atoms with Crippen LogP contribution in [0.4, 0.5) is 0 Å². The Kier molecular flexibility index (Phi) is 5.01. The van der Waals surface area contributed by atoms with E-state index in [0.29, 0.717) is 31.0 Å². The molecule has 6 heteroatoms. The van der Waals surface area contributed by atoms with Crippen molar-refractivity contribution in [1.29, 1.82) is 0 Å². The van der Waals surface area contributed by atoms with Crippen molar-refractivity contribution in [3.63, 3.8) is 0 Å². The third-order valence-corrected chi connectivity index (χ3v) is 5.79. The highest BCUT2D eigenvalue weighted by Crippen LogP contribution is 2.32. The van der Waals surface area contributed by atoms with Gasteiger partial charge in [-0.3, -0.25) is 9.48 Å². The number of benzene rings is 2. The van der Waals surface area contributed by atoms with Gasteiger partial charge in [0.15, 0.2) is 0 Å². The van der Waals surface area contributed by atoms with E-state index in [-0.39, 0.29) is 12.0 Å². The number of fused-ring (bicyclic) bond motifs is 1. The Morgan fingerprint density at radius 3 is 2.77 bits per heavy atom. The minimum absolute atomic E-state index is 0.0317. The minimum Gasteiger partial charge on any atom is -0.490 e. The van der Waals surface area contributed by atoms with Crippen LogP contribution in [-0.2, 0) is 24.9 Å². The molecule has 0 saturated carbocycles. The maximum atomic E-state index is 13.1. The summed E-state index contributed by atoms with van der Waals surface area (Å²) in [6, 6.07) is 14.2. The number of ether oxygens (including phenoxy) is 2. The van der Waals surface area contributed by atoms with Gasteiger partial charge in [-0.2, -0.15) is 5.10 Å². The molecule has 3 aromatic rings. The first-order valence-corrected chi connectivity index (χ1v) is 10.4. The zero-order valence-electron chi connectivity index (χ0n) is 17.1. The van der Waals surface area contributed by atoms with E-state index in [1.807, 2.05) is 42.5 Å². The van der Waals surface area contributed by atoms with Gasteiger partial charge in [0, 0.05) is 38.5 Å². The molecule has 0 N–H and O–H groups in total. The summed E-state index contributed by atoms with van der Waals surface area (Å²) in [6.07, 6.45) is 6.07. The standard InChI is InChI=1S/C24H25N3O3/c1-26-14-20(12-25-26)18-9-7-17(8-10-18)13-27-15-19-4-2-6-22(23(19)24(27)28)30-16-21-5-3-11-29-21/h2,4,6-10,12,14,21H,3,5,11,13,15-16H2,1H3. The van der Waals surface area contributed by atoms with E-state index >= 15 is 0 Å². The first-order valence-electron chi connectivity index (χ1n) is 10.4. The summed E-state index contributed by atoms with van der Waals surface area (Å²) in [6.45, 7) is 2.48. The SMILES string of the molecule is Cn1cc(-c2ccc(CN3Cc4cccc(OCC5CCCO5)c4C3=O)cc2)cn1. The van der Waals surface area contributed by atoms with Crippen LogP contribution in [0.5, 0.6) is 5.75 Å². The summed E-state index contributed by atoms with van der Waals surface area (Å²) in [4.78, 5) is 15.0. The molecule has 1 unspecified atom stereocenters. The van der Waals surface area contributed by atoms with Gasteiger partial charge in [-0.25, -0.2) is 0 Å². The average Bonchev–Trinajstić information content (AvgIpc) is 3.49. The fourth-order valence-electron chi connectivity index (χ4n) is 4.19. The van der Waals surface area contributed by atoms with Gasteiger partial charge in [0.1, 0.15) is 12.4 Å². The second-order valence-corrected chi connectivity index (χ2v) is 8.00. The van der Waals surface area contributed by atoms with Crippen molar-refractivity contribution in [3.8, 4) is 16.9 Å². The third kappa shape index (κ3) is 3.71. The second kappa shape index (κ2) is 7.95. The molecule has 0 radical (unpaired) electrons. The molecule has 2 aromatic carbocycles. The Morgan fingerprint density at radius 2 is 2.03 bits per heavy atom. The lowest BCUT2D eigenvalue weighted by Gasteiger charge is -2.16. The normalized spacial score (nSPS) is 18.1. The molecule has 0 aliphatic carbocycles. The minimum atomic E-state index is 0.0317. The fourth-order valence-corrected chi connectivity index (χ4v) is 4.19. The summed E-state index contributed by atoms with van der Waals surface area (Å²) in [5, 5.41) is 4.22. The largest absolute Gasteiger partial charge is 0.490 e. The fraction of sp³-hybridized carbons (Fsp3) is 0.333. The molecule has 2 aliphatic heterocycles. The molecule has 1 fully saturated rings. The summed E-state index contributed by atoms with van der Waals surface area (Å²) in [5.41, 5.74) is 5.03. The molecule has 6 nitrogen and oxygen atoms in total. The van der Waals surface area contributed by atoms with Gasteiger partial charge < -0.3 is 14.4 Å². The van der Waals surface area contributed by atoms with Crippen molar-refractivity contribution in [2.75, 3.05) is 13.2 Å². The molecular formula is C24H25N3O3. The van der Waals surface area contributed by atoms with Gasteiger partial charge in [0.25, 0.3) is 5.91 Å². The van der Waals surface area contributed by atoms with Gasteiger partial charge in [-0.15, -0.1) is 0 Å². The van der Waals surface area contributed by atoms with E-state index in [1.54, 1.807) is 4.68 Å². The second-order valence-electron chi connectivity index (χ2n) is 8.00. The van der Waals surface area contributed by atoms with Crippen LogP contribution in [0.25, 0.3) is 11.1 Å². The lowest BCUT2D eigenvalue weighted by Crippen LogP contribution is -2.24. The lowest BCUT2D eigenvalue weighted by molar-refractivity contribution is 0.0659. The van der Waals surface area contributed by atoms with Crippen molar-refractivity contribution in [3.05, 3.63) is 71.5 Å². The molecule has 0 spiro atoms. The number of nitrogens with zero attached hydrogens (tertiary/aromatic N) is 3. The molecule has 1 amide bonds. The zero-order valence-corrected chi connectivity index (χ0v) is 17.1. The third-order valence-electron chi connectivity index (χ3n) is 5.79. The molecule has 0 bridgehead atoms. The van der Waals surface area contributed by atoms with Gasteiger partial charge >= 0.3 is 0 Å². The van der Waals surface area contributed by atoms with Gasteiger partial charge in [0.2, 0.25) is 0 Å². The number of carbonyl (C=O) groups excluding carboxylic acids is 1. The first-order chi connectivity index (χ1) is 14.7. The predicted molar refractivity (Wildman–Crippen MR) is 113 cm³/mol. The summed E-state index contributed by atoms with van der Waals surface area (Å²) in [7, 11) is 1.91. The highest BCUT2D eigenvalue weighted by Gasteiger charge is 2.31. The number of aromatic nitrogens is 2. The van der Waals surface area contributed by atoms with Crippen molar-refractivity contribution < 1.29 is 14.3 Å². The zero-order chi connectivity index (χ0) is 20.5. The number of hydrogen-bond acceptors (Lipinski definition) is 4. The van der Waals surface area contributed by atoms with E-state index in [1.165, 1.54) is 0 Å². The van der Waals surface area contributed by atoms with E-state index in [9.17, 15) is 4.79 Å². The Bertz CT molecular complexity index is 1050. The Balaban J connectivity index is 1.28. The maximum absolute atomic E-state index is 13.1. The molecule has 1 atom stereocenters. The predicted octanol–water partition coefficient (Wildman–Crippen LogP) is 3.80. The number of rotatable bonds is 6. The monoisotopic (exact) mass is 403 g/mol. The van der Waals surface area contributed by atoms with Crippen LogP contribution in [-0.4, -0.2) is 39.9 Å². The van der Waals surface area contributed by atoms with E-state index in [2.05, 4.69) is 29.4 Å². The number of carbonyl (C=O) groups is 1. The molecule has 154 valence electrons.